The van der Waals surface area contributed by atoms with Crippen LogP contribution in [0, 0.1) is 11.3 Å². The van der Waals surface area contributed by atoms with Crippen molar-refractivity contribution in [2.45, 2.75) is 26.2 Å². The summed E-state index contributed by atoms with van der Waals surface area (Å²) < 4.78 is 2.91. The van der Waals surface area contributed by atoms with Gasteiger partial charge >= 0.3 is 0 Å². The summed E-state index contributed by atoms with van der Waals surface area (Å²) in [5.41, 5.74) is 2.17. The lowest BCUT2D eigenvalue weighted by Gasteiger charge is -1.97. The van der Waals surface area contributed by atoms with E-state index in [9.17, 15) is 0 Å². The van der Waals surface area contributed by atoms with Gasteiger partial charge in [-0.2, -0.15) is 10.4 Å². The molecule has 1 heterocycles. The predicted molar refractivity (Wildman–Crippen MR) is 54.2 cm³/mol. The fourth-order valence-electron chi connectivity index (χ4n) is 1.27. The van der Waals surface area contributed by atoms with Gasteiger partial charge in [0.2, 0.25) is 0 Å². The van der Waals surface area contributed by atoms with Crippen LogP contribution in [0.4, 0.5) is 0 Å². The molecule has 0 N–H and O–H groups in total. The summed E-state index contributed by atoms with van der Waals surface area (Å²) in [5, 5.41) is 12.8. The van der Waals surface area contributed by atoms with E-state index in [0.717, 1.165) is 28.7 Å². The number of aryl methyl sites for hydroxylation is 2. The molecule has 0 unspecified atom stereocenters. The molecular formula is C9H12BrN3. The van der Waals surface area contributed by atoms with E-state index in [1.54, 1.807) is 0 Å². The third-order valence-electron chi connectivity index (χ3n) is 1.98. The first-order chi connectivity index (χ1) is 6.20. The summed E-state index contributed by atoms with van der Waals surface area (Å²) in [5.74, 6) is 0. The van der Waals surface area contributed by atoms with Gasteiger partial charge in [-0.15, -0.1) is 0 Å². The largest absolute Gasteiger partial charge is 0.271 e. The highest BCUT2D eigenvalue weighted by Gasteiger charge is 2.11. The molecule has 1 aromatic rings. The maximum atomic E-state index is 8.48. The van der Waals surface area contributed by atoms with Crippen LogP contribution in [0.1, 0.15) is 24.7 Å². The van der Waals surface area contributed by atoms with Crippen molar-refractivity contribution in [3.63, 3.8) is 0 Å². The minimum Gasteiger partial charge on any atom is -0.271 e. The summed E-state index contributed by atoms with van der Waals surface area (Å²) >= 11 is 3.50. The number of hydrogen-bond acceptors (Lipinski definition) is 2. The molecule has 0 bridgehead atoms. The minimum absolute atomic E-state index is 0.543. The first-order valence-electron chi connectivity index (χ1n) is 4.27. The zero-order chi connectivity index (χ0) is 9.84. The highest BCUT2D eigenvalue weighted by Crippen LogP contribution is 2.22. The molecule has 0 aliphatic heterocycles. The molecule has 0 aromatic carbocycles. The van der Waals surface area contributed by atoms with Gasteiger partial charge in [0.25, 0.3) is 0 Å². The van der Waals surface area contributed by atoms with Crippen molar-refractivity contribution in [3.8, 4) is 6.07 Å². The zero-order valence-electron chi connectivity index (χ0n) is 7.84. The third kappa shape index (κ3) is 2.10. The van der Waals surface area contributed by atoms with E-state index in [4.69, 9.17) is 5.26 Å². The average Bonchev–Trinajstić information content (AvgIpc) is 2.39. The van der Waals surface area contributed by atoms with E-state index in [1.165, 1.54) is 0 Å². The second kappa shape index (κ2) is 4.43. The Bertz CT molecular complexity index is 335. The van der Waals surface area contributed by atoms with Crippen molar-refractivity contribution in [2.24, 2.45) is 7.05 Å². The lowest BCUT2D eigenvalue weighted by atomic mass is 10.2. The van der Waals surface area contributed by atoms with Crippen molar-refractivity contribution < 1.29 is 0 Å². The van der Waals surface area contributed by atoms with E-state index < -0.39 is 0 Å². The zero-order valence-corrected chi connectivity index (χ0v) is 9.43. The topological polar surface area (TPSA) is 41.6 Å². The minimum atomic E-state index is 0.543. The normalized spacial score (nSPS) is 10.0. The smallest absolute Gasteiger partial charge is 0.0766 e. The Kier molecular flexibility index (Phi) is 3.49. The molecule has 13 heavy (non-hydrogen) atoms. The second-order valence-electron chi connectivity index (χ2n) is 2.84. The lowest BCUT2D eigenvalue weighted by molar-refractivity contribution is 0.696. The molecule has 1 aromatic heterocycles. The number of rotatable bonds is 3. The van der Waals surface area contributed by atoms with E-state index in [0.29, 0.717) is 6.42 Å². The van der Waals surface area contributed by atoms with Crippen LogP contribution < -0.4 is 0 Å². The van der Waals surface area contributed by atoms with Gasteiger partial charge in [-0.1, -0.05) is 6.92 Å². The number of halogens is 1. The first-order valence-corrected chi connectivity index (χ1v) is 5.07. The molecule has 0 saturated heterocycles. The standard InChI is InChI=1S/C9H12BrN3/c1-3-7-9(10)8(5-4-6-11)13(2)12-7/h3-5H2,1-2H3. The van der Waals surface area contributed by atoms with Crippen LogP contribution in [-0.2, 0) is 19.9 Å². The van der Waals surface area contributed by atoms with Crippen molar-refractivity contribution in [1.82, 2.24) is 9.78 Å². The lowest BCUT2D eigenvalue weighted by Crippen LogP contribution is -1.98. The summed E-state index contributed by atoms with van der Waals surface area (Å²) in [6.07, 6.45) is 2.23. The highest BCUT2D eigenvalue weighted by molar-refractivity contribution is 9.10. The summed E-state index contributed by atoms with van der Waals surface area (Å²) in [4.78, 5) is 0. The van der Waals surface area contributed by atoms with E-state index in [1.807, 2.05) is 11.7 Å². The summed E-state index contributed by atoms with van der Waals surface area (Å²) in [7, 11) is 1.91. The van der Waals surface area contributed by atoms with Crippen LogP contribution in [-0.4, -0.2) is 9.78 Å². The van der Waals surface area contributed by atoms with Gasteiger partial charge in [0, 0.05) is 19.9 Å². The molecule has 0 atom stereocenters. The van der Waals surface area contributed by atoms with Crippen LogP contribution in [0.25, 0.3) is 0 Å². The number of hydrogen-bond donors (Lipinski definition) is 0. The molecule has 70 valence electrons. The number of nitrogens with zero attached hydrogens (tertiary/aromatic N) is 3. The molecule has 0 saturated carbocycles. The molecule has 0 radical (unpaired) electrons. The molecular weight excluding hydrogens is 230 g/mol. The molecule has 4 heteroatoms. The van der Waals surface area contributed by atoms with Crippen LogP contribution >= 0.6 is 15.9 Å². The summed E-state index contributed by atoms with van der Waals surface area (Å²) in [6.45, 7) is 2.07. The molecule has 0 aliphatic carbocycles. The van der Waals surface area contributed by atoms with Crippen LogP contribution in [0.2, 0.25) is 0 Å². The Balaban J connectivity index is 2.93. The van der Waals surface area contributed by atoms with Crippen LogP contribution in [0.15, 0.2) is 4.47 Å². The van der Waals surface area contributed by atoms with Crippen molar-refractivity contribution >= 4 is 15.9 Å². The van der Waals surface area contributed by atoms with Gasteiger partial charge in [0.1, 0.15) is 0 Å². The van der Waals surface area contributed by atoms with E-state index in [2.05, 4.69) is 34.0 Å². The second-order valence-corrected chi connectivity index (χ2v) is 3.64. The Morgan fingerprint density at radius 3 is 2.77 bits per heavy atom. The third-order valence-corrected chi connectivity index (χ3v) is 2.89. The van der Waals surface area contributed by atoms with Gasteiger partial charge < -0.3 is 0 Å². The molecule has 3 nitrogen and oxygen atoms in total. The average molecular weight is 242 g/mol. The fourth-order valence-corrected chi connectivity index (χ4v) is 2.08. The maximum absolute atomic E-state index is 8.48. The number of nitriles is 1. The van der Waals surface area contributed by atoms with E-state index in [-0.39, 0.29) is 0 Å². The molecule has 0 amide bonds. The molecule has 0 spiro atoms. The fraction of sp³-hybridized carbons (Fsp3) is 0.556. The predicted octanol–water partition coefficient (Wildman–Crippen LogP) is 2.20. The first kappa shape index (κ1) is 10.3. The quantitative estimate of drug-likeness (QED) is 0.815. The van der Waals surface area contributed by atoms with Gasteiger partial charge in [-0.25, -0.2) is 0 Å². The Hall–Kier alpha value is -0.820. The number of aromatic nitrogens is 2. The van der Waals surface area contributed by atoms with Gasteiger partial charge in [0.05, 0.1) is 21.9 Å². The van der Waals surface area contributed by atoms with Crippen molar-refractivity contribution in [2.75, 3.05) is 0 Å². The Morgan fingerprint density at radius 2 is 2.31 bits per heavy atom. The molecule has 0 fully saturated rings. The van der Waals surface area contributed by atoms with Crippen molar-refractivity contribution in [1.29, 1.82) is 5.26 Å². The van der Waals surface area contributed by atoms with Crippen molar-refractivity contribution in [3.05, 3.63) is 15.9 Å². The molecule has 0 aliphatic rings. The van der Waals surface area contributed by atoms with Gasteiger partial charge in [-0.3, -0.25) is 4.68 Å². The van der Waals surface area contributed by atoms with Gasteiger partial charge in [-0.05, 0) is 22.4 Å². The highest BCUT2D eigenvalue weighted by atomic mass is 79.9. The summed E-state index contributed by atoms with van der Waals surface area (Å²) in [6, 6.07) is 2.14. The van der Waals surface area contributed by atoms with Crippen LogP contribution in [0.3, 0.4) is 0 Å². The van der Waals surface area contributed by atoms with E-state index >= 15 is 0 Å². The van der Waals surface area contributed by atoms with Crippen LogP contribution in [0.5, 0.6) is 0 Å². The monoisotopic (exact) mass is 241 g/mol. The SMILES string of the molecule is CCc1nn(C)c(CCC#N)c1Br. The Labute approximate surface area is 86.5 Å². The maximum Gasteiger partial charge on any atom is 0.0766 e. The van der Waals surface area contributed by atoms with Gasteiger partial charge in [0.15, 0.2) is 0 Å². The Morgan fingerprint density at radius 1 is 1.62 bits per heavy atom. The molecule has 1 rings (SSSR count).